The van der Waals surface area contributed by atoms with Crippen LogP contribution >= 0.6 is 0 Å². The summed E-state index contributed by atoms with van der Waals surface area (Å²) in [6, 6.07) is 34.4. The molecule has 7 aromatic rings. The van der Waals surface area contributed by atoms with Crippen LogP contribution in [-0.2, 0) is 43.3 Å². The van der Waals surface area contributed by atoms with Crippen LogP contribution < -0.4 is 0 Å². The maximum absolute atomic E-state index is 14.2. The molecule has 10 nitrogen and oxygen atoms in total. The van der Waals surface area contributed by atoms with E-state index in [0.717, 1.165) is 66.8 Å². The number of hydrogen-bond donors (Lipinski definition) is 2. The lowest BCUT2D eigenvalue weighted by molar-refractivity contribution is -0.374. The number of aromatic nitrogens is 4. The molecule has 2 aliphatic heterocycles. The molecule has 0 spiro atoms. The second kappa shape index (κ2) is 21.0. The van der Waals surface area contributed by atoms with E-state index in [1.165, 1.54) is 0 Å². The molecule has 0 saturated carbocycles. The van der Waals surface area contributed by atoms with Gasteiger partial charge in [-0.2, -0.15) is 0 Å². The van der Waals surface area contributed by atoms with E-state index in [1.54, 1.807) is 12.2 Å². The summed E-state index contributed by atoms with van der Waals surface area (Å²) in [6.45, 7) is 52.6. The van der Waals surface area contributed by atoms with Crippen LogP contribution in [0.4, 0.5) is 0 Å². The van der Waals surface area contributed by atoms with Crippen LogP contribution in [0, 0.1) is 20.2 Å². The first-order chi connectivity index (χ1) is 39.3. The fourth-order valence-corrected chi connectivity index (χ4v) is 11.4. The molecule has 2 aliphatic rings. The lowest BCUT2D eigenvalue weighted by Crippen LogP contribution is -2.16. The third kappa shape index (κ3) is 12.5. The van der Waals surface area contributed by atoms with Gasteiger partial charge in [0.05, 0.1) is 21.2 Å². The van der Waals surface area contributed by atoms with Crippen LogP contribution in [0.2, 0.25) is 0 Å². The molecule has 0 fully saturated rings. The second-order valence-electron chi connectivity index (χ2n) is 32.5. The average molecular weight is 1150 g/mol. The molecule has 3 aromatic heterocycles. The molecule has 0 saturated heterocycles. The van der Waals surface area contributed by atoms with Gasteiger partial charge in [-0.25, -0.2) is 9.97 Å². The quantitative estimate of drug-likeness (QED) is 0.125. The van der Waals surface area contributed by atoms with Crippen LogP contribution in [0.3, 0.4) is 0 Å². The predicted molar refractivity (Wildman–Crippen MR) is 362 cm³/mol. The maximum atomic E-state index is 14.2. The minimum absolute atomic E-state index is 0.156. The number of rotatable bonds is 6. The van der Waals surface area contributed by atoms with E-state index < -0.39 is 0 Å². The van der Waals surface area contributed by atoms with Crippen molar-refractivity contribution in [3.63, 3.8) is 0 Å². The van der Waals surface area contributed by atoms with Gasteiger partial charge in [-0.1, -0.05) is 239 Å². The predicted octanol–water partition coefficient (Wildman–Crippen LogP) is 20.9. The van der Waals surface area contributed by atoms with Crippen molar-refractivity contribution in [1.29, 1.82) is 0 Å². The Kier molecular flexibility index (Phi) is 15.3. The van der Waals surface area contributed by atoms with E-state index >= 15 is 0 Å². The van der Waals surface area contributed by atoms with E-state index in [1.807, 2.05) is 24.3 Å². The lowest BCUT2D eigenvalue weighted by Gasteiger charge is -2.26. The van der Waals surface area contributed by atoms with Crippen molar-refractivity contribution in [3.8, 4) is 44.5 Å². The number of fused-ring (bicyclic) bond motifs is 8. The Hall–Kier alpha value is -7.72. The summed E-state index contributed by atoms with van der Waals surface area (Å²) >= 11 is 0. The van der Waals surface area contributed by atoms with Crippen LogP contribution in [-0.4, -0.2) is 29.8 Å². The summed E-state index contributed by atoms with van der Waals surface area (Å²) in [4.78, 5) is 46.6. The minimum Gasteiger partial charge on any atom is -0.354 e. The summed E-state index contributed by atoms with van der Waals surface area (Å²) in [6.07, 6.45) is 3.30. The fraction of sp³-hybridized carbons (Fsp3) is 0.421. The lowest BCUT2D eigenvalue weighted by atomic mass is 9.78. The number of hydrogen-bond acceptors (Lipinski definition) is 6. The summed E-state index contributed by atoms with van der Waals surface area (Å²) in [5.41, 5.74) is 15.1. The third-order valence-corrected chi connectivity index (χ3v) is 17.1. The molecule has 86 heavy (non-hydrogen) atoms. The zero-order valence-electron chi connectivity index (χ0n) is 55.8. The van der Waals surface area contributed by atoms with Gasteiger partial charge in [-0.3, -0.25) is 20.2 Å². The highest BCUT2D eigenvalue weighted by Gasteiger charge is 2.35. The second-order valence-corrected chi connectivity index (χ2v) is 32.5. The van der Waals surface area contributed by atoms with E-state index in [0.29, 0.717) is 55.7 Å². The molecule has 9 rings (SSSR count). The average Bonchev–Trinajstić information content (AvgIpc) is 1.57. The first-order valence-corrected chi connectivity index (χ1v) is 30.5. The molecule has 450 valence electrons. The first-order valence-electron chi connectivity index (χ1n) is 30.5. The molecule has 0 radical (unpaired) electrons. The van der Waals surface area contributed by atoms with Gasteiger partial charge in [0.2, 0.25) is 0 Å². The highest BCUT2D eigenvalue weighted by atomic mass is 16.6. The summed E-state index contributed by atoms with van der Waals surface area (Å²) < 4.78 is 0. The van der Waals surface area contributed by atoms with Gasteiger partial charge < -0.3 is 9.97 Å². The van der Waals surface area contributed by atoms with Gasteiger partial charge in [0.25, 0.3) is 11.4 Å². The molecular formula is C76H92N6O4. The Labute approximate surface area is 511 Å². The number of nitrogens with zero attached hydrogens (tertiary/aromatic N) is 4. The molecule has 0 aliphatic carbocycles. The largest absolute Gasteiger partial charge is 0.354 e. The molecular weight excluding hydrogens is 1060 g/mol. The van der Waals surface area contributed by atoms with Gasteiger partial charge in [0.1, 0.15) is 0 Å². The van der Waals surface area contributed by atoms with Gasteiger partial charge in [-0.05, 0) is 134 Å². The Morgan fingerprint density at radius 3 is 0.674 bits per heavy atom. The Morgan fingerprint density at radius 1 is 0.302 bits per heavy atom. The van der Waals surface area contributed by atoms with Crippen molar-refractivity contribution in [1.82, 2.24) is 19.9 Å². The van der Waals surface area contributed by atoms with E-state index in [9.17, 15) is 20.2 Å². The van der Waals surface area contributed by atoms with Crippen molar-refractivity contribution >= 4 is 45.6 Å². The molecule has 2 N–H and O–H groups in total. The van der Waals surface area contributed by atoms with Crippen molar-refractivity contribution in [3.05, 3.63) is 185 Å². The highest BCUT2D eigenvalue weighted by molar-refractivity contribution is 6.02. The Morgan fingerprint density at radius 2 is 0.488 bits per heavy atom. The topological polar surface area (TPSA) is 144 Å². The van der Waals surface area contributed by atoms with Crippen molar-refractivity contribution in [2.45, 2.75) is 209 Å². The van der Waals surface area contributed by atoms with Crippen LogP contribution in [0.15, 0.2) is 97.1 Å². The van der Waals surface area contributed by atoms with Crippen molar-refractivity contribution < 1.29 is 9.85 Å². The summed E-state index contributed by atoms with van der Waals surface area (Å²) in [7, 11) is 0. The highest BCUT2D eigenvalue weighted by Crippen LogP contribution is 2.47. The fourth-order valence-electron chi connectivity index (χ4n) is 11.4. The standard InChI is InChI=1S/C76H92N6O4/c1-69(2,3)47-29-43(30-48(37-47)70(4,5)6)63-55-25-26-56(77-55)64(44-31-49(71(7,8)9)38-50(32-44)72(10,11)12)60-42-62(82(85)86)68(80-60)66(46-35-53(75(19,20)21)40-54(36-46)76(22,23)24)58-28-27-57(78-58)65(67-61(81(83)84)41-59(63)79-67)45-33-51(73(13,14)15)39-52(34-45)74(16,17)18/h25-42,77-78H,1-24H3. The first kappa shape index (κ1) is 62.8. The number of benzene rings is 4. The smallest absolute Gasteiger partial charge is 0.297 e. The van der Waals surface area contributed by atoms with Crippen molar-refractivity contribution in [2.75, 3.05) is 0 Å². The van der Waals surface area contributed by atoms with Gasteiger partial charge in [-0.15, -0.1) is 0 Å². The number of nitrogens with one attached hydrogen (secondary N) is 2. The maximum Gasteiger partial charge on any atom is 0.297 e. The van der Waals surface area contributed by atoms with E-state index in [2.05, 4.69) is 249 Å². The van der Waals surface area contributed by atoms with Crippen molar-refractivity contribution in [2.24, 2.45) is 0 Å². The zero-order chi connectivity index (χ0) is 63.7. The monoisotopic (exact) mass is 1150 g/mol. The number of aromatic amines is 2. The van der Waals surface area contributed by atoms with E-state index in [4.69, 9.17) is 9.97 Å². The molecule has 5 heterocycles. The van der Waals surface area contributed by atoms with Gasteiger partial charge in [0.15, 0.2) is 11.4 Å². The minimum atomic E-state index is -0.316. The van der Waals surface area contributed by atoms with Gasteiger partial charge in [0, 0.05) is 56.5 Å². The number of nitro groups is 2. The third-order valence-electron chi connectivity index (χ3n) is 17.1. The van der Waals surface area contributed by atoms with Crippen LogP contribution in [0.5, 0.6) is 0 Å². The molecule has 10 heteroatoms. The van der Waals surface area contributed by atoms with Crippen LogP contribution in [0.1, 0.15) is 233 Å². The molecule has 8 bridgehead atoms. The zero-order valence-corrected chi connectivity index (χ0v) is 55.8. The molecule has 0 amide bonds. The molecule has 0 atom stereocenters. The summed E-state index contributed by atoms with van der Waals surface area (Å²) in [5, 5.41) is 28.3. The Bertz CT molecular complexity index is 3780. The summed E-state index contributed by atoms with van der Waals surface area (Å²) in [5.74, 6) is 0. The van der Waals surface area contributed by atoms with Crippen LogP contribution in [0.25, 0.3) is 90.1 Å². The molecule has 0 unspecified atom stereocenters. The molecule has 4 aromatic carbocycles. The SMILES string of the molecule is CC(C)(C)c1cc(-c2c3nc(c(-c4cc(C(C)(C)C)cc(C(C)(C)C)c4)c4ccc([nH]4)c(-c4cc(C(C)(C)C)cc(C(C)(C)C)c4)c4nc(c(-c5cc(C(C)(C)C)cc(C(C)(C)C)c5)c5ccc2[nH]5)C=C4[N+](=O)[O-])C([N+](=O)[O-])=C3)cc(C(C)(C)C)c1. The Balaban J connectivity index is 1.65. The van der Waals surface area contributed by atoms with E-state index in [-0.39, 0.29) is 75.9 Å². The number of H-pyrrole nitrogens is 2. The van der Waals surface area contributed by atoms with Gasteiger partial charge >= 0.3 is 0 Å². The normalized spacial score (nSPS) is 13.9.